The number of rotatable bonds is 5. The Kier molecular flexibility index (Phi) is 11.6. The maximum absolute atomic E-state index is 14.6. The van der Waals surface area contributed by atoms with Gasteiger partial charge in [-0.05, 0) is 50.8 Å². The maximum Gasteiger partial charge on any atom is 0.409 e. The Bertz CT molecular complexity index is 1190. The Hall–Kier alpha value is -3.36. The Balaban J connectivity index is 0.000000898. The molecule has 1 fully saturated rings. The van der Waals surface area contributed by atoms with Crippen LogP contribution in [0.2, 0.25) is 0 Å². The Morgan fingerprint density at radius 3 is 2.38 bits per heavy atom. The number of ketones is 1. The number of Topliss-reactive ketones (excluding diaryl/α,β-unsaturated/α-hetero) is 1. The van der Waals surface area contributed by atoms with Crippen molar-refractivity contribution < 1.29 is 18.7 Å². The molecule has 0 spiro atoms. The van der Waals surface area contributed by atoms with Crippen LogP contribution in [-0.4, -0.2) is 56.5 Å². The van der Waals surface area contributed by atoms with Crippen LogP contribution in [0.15, 0.2) is 24.4 Å². The number of carbonyl (C=O) groups is 2. The Morgan fingerprint density at radius 1 is 1.14 bits per heavy atom. The fourth-order valence-electron chi connectivity index (χ4n) is 4.06. The lowest BCUT2D eigenvalue weighted by Crippen LogP contribution is -2.39. The summed E-state index contributed by atoms with van der Waals surface area (Å²) in [6.07, 6.45) is 4.98. The van der Waals surface area contributed by atoms with Crippen molar-refractivity contribution >= 4 is 22.9 Å². The van der Waals surface area contributed by atoms with Gasteiger partial charge in [-0.25, -0.2) is 13.9 Å². The molecule has 0 bridgehead atoms. The van der Waals surface area contributed by atoms with Crippen LogP contribution in [-0.2, 0) is 4.74 Å². The van der Waals surface area contributed by atoms with Gasteiger partial charge >= 0.3 is 6.09 Å². The number of aromatic nitrogens is 4. The molecule has 2 aromatic heterocycles. The Morgan fingerprint density at radius 2 is 1.78 bits per heavy atom. The predicted octanol–water partition coefficient (Wildman–Crippen LogP) is 6.77. The van der Waals surface area contributed by atoms with E-state index in [1.165, 1.54) is 19.4 Å². The Labute approximate surface area is 219 Å². The number of carbonyl (C=O) groups excluding carboxylic acids is 2. The van der Waals surface area contributed by atoms with Crippen molar-refractivity contribution in [1.29, 1.82) is 0 Å². The predicted molar refractivity (Wildman–Crippen MR) is 144 cm³/mol. The largest absolute Gasteiger partial charge is 0.449 e. The van der Waals surface area contributed by atoms with Gasteiger partial charge in [-0.2, -0.15) is 0 Å². The molecule has 8 nitrogen and oxygen atoms in total. The molecule has 4 rings (SSSR count). The smallest absolute Gasteiger partial charge is 0.409 e. The van der Waals surface area contributed by atoms with Gasteiger partial charge in [0.2, 0.25) is 0 Å². The van der Waals surface area contributed by atoms with Crippen LogP contribution in [0, 0.1) is 12.7 Å². The molecule has 202 valence electrons. The van der Waals surface area contributed by atoms with Crippen LogP contribution in [0.5, 0.6) is 0 Å². The summed E-state index contributed by atoms with van der Waals surface area (Å²) in [5.74, 6) is -0.835. The number of piperidine rings is 1. The summed E-state index contributed by atoms with van der Waals surface area (Å²) in [5, 5.41) is 8.62. The van der Waals surface area contributed by atoms with Gasteiger partial charge in [-0.3, -0.25) is 9.78 Å². The van der Waals surface area contributed by atoms with Crippen molar-refractivity contribution in [2.24, 2.45) is 0 Å². The first-order chi connectivity index (χ1) is 17.8. The number of hydrogen-bond acceptors (Lipinski definition) is 6. The van der Waals surface area contributed by atoms with E-state index in [9.17, 15) is 14.0 Å². The highest BCUT2D eigenvalue weighted by Gasteiger charge is 2.26. The van der Waals surface area contributed by atoms with Gasteiger partial charge in [-0.1, -0.05) is 52.3 Å². The van der Waals surface area contributed by atoms with E-state index in [-0.39, 0.29) is 23.5 Å². The molecule has 1 aliphatic heterocycles. The van der Waals surface area contributed by atoms with Gasteiger partial charge in [0, 0.05) is 18.7 Å². The van der Waals surface area contributed by atoms with Gasteiger partial charge in [0.1, 0.15) is 16.9 Å². The lowest BCUT2D eigenvalue weighted by Gasteiger charge is -2.31. The highest BCUT2D eigenvalue weighted by molar-refractivity contribution is 5.95. The molecule has 0 saturated carbocycles. The number of ether oxygens (including phenoxy) is 1. The quantitative estimate of drug-likeness (QED) is 0.350. The molecule has 0 unspecified atom stereocenters. The summed E-state index contributed by atoms with van der Waals surface area (Å²) >= 11 is 0. The minimum Gasteiger partial charge on any atom is -0.449 e. The number of pyridine rings is 1. The van der Waals surface area contributed by atoms with E-state index in [0.29, 0.717) is 42.0 Å². The summed E-state index contributed by atoms with van der Waals surface area (Å²) in [4.78, 5) is 29.9. The average Bonchev–Trinajstić information content (AvgIpc) is 3.33. The van der Waals surface area contributed by atoms with Crippen molar-refractivity contribution in [1.82, 2.24) is 24.9 Å². The molecule has 3 heterocycles. The molecule has 0 N–H and O–H groups in total. The fourth-order valence-corrected chi connectivity index (χ4v) is 4.06. The first kappa shape index (κ1) is 29.9. The van der Waals surface area contributed by atoms with Gasteiger partial charge < -0.3 is 9.64 Å². The highest BCUT2D eigenvalue weighted by Crippen LogP contribution is 2.30. The second kappa shape index (κ2) is 14.4. The van der Waals surface area contributed by atoms with Crippen molar-refractivity contribution in [2.45, 2.75) is 80.2 Å². The zero-order valence-electron chi connectivity index (χ0n) is 23.2. The molecule has 1 saturated heterocycles. The van der Waals surface area contributed by atoms with Gasteiger partial charge in [0.15, 0.2) is 5.78 Å². The van der Waals surface area contributed by atoms with Crippen molar-refractivity contribution in [3.05, 3.63) is 41.3 Å². The summed E-state index contributed by atoms with van der Waals surface area (Å²) in [5.41, 5.74) is 3.09. The molecule has 9 heteroatoms. The molecule has 1 aromatic carbocycles. The number of nitrogens with zero attached hydrogens (tertiary/aromatic N) is 5. The summed E-state index contributed by atoms with van der Waals surface area (Å²) in [6.45, 7) is 14.8. The summed E-state index contributed by atoms with van der Waals surface area (Å²) < 4.78 is 21.7. The molecular formula is C28H40FN5O3. The number of amides is 1. The first-order valence-corrected chi connectivity index (χ1v) is 13.2. The normalized spacial score (nSPS) is 13.4. The molecule has 0 radical (unpaired) electrons. The van der Waals surface area contributed by atoms with Crippen LogP contribution in [0.25, 0.3) is 22.3 Å². The van der Waals surface area contributed by atoms with E-state index < -0.39 is 5.82 Å². The number of benzene rings is 1. The minimum atomic E-state index is -0.523. The highest BCUT2D eigenvalue weighted by atomic mass is 19.1. The van der Waals surface area contributed by atoms with Crippen molar-refractivity contribution in [3.8, 4) is 11.3 Å². The number of likely N-dealkylation sites (tertiary alicyclic amines) is 1. The van der Waals surface area contributed by atoms with Crippen LogP contribution >= 0.6 is 0 Å². The molecule has 37 heavy (non-hydrogen) atoms. The minimum absolute atomic E-state index is 0.0724. The third-order valence-electron chi connectivity index (χ3n) is 5.90. The van der Waals surface area contributed by atoms with E-state index in [1.54, 1.807) is 30.2 Å². The third kappa shape index (κ3) is 7.11. The fraction of sp³-hybridized carbons (Fsp3) is 0.536. The van der Waals surface area contributed by atoms with E-state index in [1.807, 2.05) is 25.5 Å². The molecule has 1 amide bonds. The summed E-state index contributed by atoms with van der Waals surface area (Å²) in [7, 11) is 0. The zero-order chi connectivity index (χ0) is 27.5. The second-order valence-electron chi connectivity index (χ2n) is 8.79. The second-order valence-corrected chi connectivity index (χ2v) is 8.79. The first-order valence-electron chi connectivity index (χ1n) is 13.2. The molecule has 0 aliphatic carbocycles. The lowest BCUT2D eigenvalue weighted by molar-refractivity contribution is 0.0877. The van der Waals surface area contributed by atoms with Crippen molar-refractivity contribution in [2.75, 3.05) is 19.7 Å². The van der Waals surface area contributed by atoms with E-state index >= 15 is 0 Å². The van der Waals surface area contributed by atoms with Crippen LogP contribution in [0.4, 0.5) is 9.18 Å². The van der Waals surface area contributed by atoms with Gasteiger partial charge in [0.25, 0.3) is 0 Å². The van der Waals surface area contributed by atoms with Gasteiger partial charge in [-0.15, -0.1) is 5.10 Å². The SMILES string of the molecule is CC.CCC.CCCOC(=O)N1CCC(n2nnc3cc(-c4ccc(C(C)=O)c(F)c4C)ncc32)CC1. The summed E-state index contributed by atoms with van der Waals surface area (Å²) in [6, 6.07) is 5.09. The average molecular weight is 514 g/mol. The van der Waals surface area contributed by atoms with Gasteiger partial charge in [0.05, 0.1) is 30.1 Å². The van der Waals surface area contributed by atoms with Crippen LogP contribution in [0.3, 0.4) is 0 Å². The number of fused-ring (bicyclic) bond motifs is 1. The van der Waals surface area contributed by atoms with E-state index in [2.05, 4.69) is 29.1 Å². The van der Waals surface area contributed by atoms with Crippen LogP contribution in [0.1, 0.15) is 89.2 Å². The maximum atomic E-state index is 14.6. The standard InChI is InChI=1S/C23H26FN5O3.C3H8.C2H6/c1-4-11-32-23(31)28-9-7-16(8-10-28)29-21-13-25-19(12-20(21)26-27-29)17-5-6-18(15(3)30)22(24)14(17)2;1-3-2;1-2/h5-6,12-13,16H,4,7-11H2,1-3H3;3H2,1-2H3;1-2H3. The topological polar surface area (TPSA) is 90.2 Å². The van der Waals surface area contributed by atoms with Crippen molar-refractivity contribution in [3.63, 3.8) is 0 Å². The third-order valence-corrected chi connectivity index (χ3v) is 5.90. The zero-order valence-corrected chi connectivity index (χ0v) is 23.2. The molecular weight excluding hydrogens is 473 g/mol. The lowest BCUT2D eigenvalue weighted by atomic mass is 9.99. The van der Waals surface area contributed by atoms with E-state index in [4.69, 9.17) is 4.74 Å². The molecule has 0 atom stereocenters. The molecule has 1 aliphatic rings. The van der Waals surface area contributed by atoms with E-state index in [0.717, 1.165) is 24.8 Å². The number of hydrogen-bond donors (Lipinski definition) is 0. The monoisotopic (exact) mass is 513 g/mol. The molecule has 3 aromatic rings. The van der Waals surface area contributed by atoms with Crippen LogP contribution < -0.4 is 0 Å². The number of halogens is 1.